The second-order valence-electron chi connectivity index (χ2n) is 7.34. The van der Waals surface area contributed by atoms with Crippen LogP contribution in [0.1, 0.15) is 15.9 Å². The maximum Gasteiger partial charge on any atom is 0.272 e. The Morgan fingerprint density at radius 3 is 2.44 bits per heavy atom. The van der Waals surface area contributed by atoms with Gasteiger partial charge in [0.2, 0.25) is 0 Å². The summed E-state index contributed by atoms with van der Waals surface area (Å²) in [7, 11) is 3.07. The molecule has 0 aliphatic rings. The number of fused-ring (bicyclic) bond motifs is 1. The molecular formula is C26H22BrN3O4. The minimum absolute atomic E-state index is 0.0517. The van der Waals surface area contributed by atoms with Crippen LogP contribution in [0.25, 0.3) is 17.0 Å². The first-order valence-corrected chi connectivity index (χ1v) is 11.2. The van der Waals surface area contributed by atoms with Gasteiger partial charge < -0.3 is 25.1 Å². The van der Waals surface area contributed by atoms with Crippen molar-refractivity contribution in [3.63, 3.8) is 0 Å². The van der Waals surface area contributed by atoms with Gasteiger partial charge in [-0.15, -0.1) is 0 Å². The van der Waals surface area contributed by atoms with Gasteiger partial charge in [0.25, 0.3) is 11.8 Å². The van der Waals surface area contributed by atoms with Crippen LogP contribution >= 0.6 is 15.9 Å². The van der Waals surface area contributed by atoms with Crippen molar-refractivity contribution < 1.29 is 19.1 Å². The van der Waals surface area contributed by atoms with Crippen LogP contribution in [0.2, 0.25) is 0 Å². The van der Waals surface area contributed by atoms with E-state index >= 15 is 0 Å². The normalized spacial score (nSPS) is 11.2. The van der Waals surface area contributed by atoms with Gasteiger partial charge in [-0.25, -0.2) is 0 Å². The van der Waals surface area contributed by atoms with Crippen molar-refractivity contribution >= 4 is 50.4 Å². The Bertz CT molecular complexity index is 1380. The number of hydrogen-bond acceptors (Lipinski definition) is 4. The number of nitrogens with one attached hydrogen (secondary N) is 3. The van der Waals surface area contributed by atoms with Crippen LogP contribution in [0, 0.1) is 0 Å². The summed E-state index contributed by atoms with van der Waals surface area (Å²) in [6.45, 7) is 0. The largest absolute Gasteiger partial charge is 0.496 e. The fourth-order valence-corrected chi connectivity index (χ4v) is 3.94. The molecule has 4 aromatic rings. The fraction of sp³-hybridized carbons (Fsp3) is 0.0769. The first-order chi connectivity index (χ1) is 16.5. The summed E-state index contributed by atoms with van der Waals surface area (Å²) < 4.78 is 11.5. The lowest BCUT2D eigenvalue weighted by Gasteiger charge is -2.14. The van der Waals surface area contributed by atoms with E-state index in [0.717, 1.165) is 10.9 Å². The first-order valence-electron chi connectivity index (χ1n) is 10.4. The number of halogens is 1. The molecule has 0 bridgehead atoms. The third kappa shape index (κ3) is 5.13. The summed E-state index contributed by atoms with van der Waals surface area (Å²) in [4.78, 5) is 29.3. The van der Waals surface area contributed by atoms with E-state index in [1.54, 1.807) is 55.7 Å². The molecule has 0 radical (unpaired) electrons. The van der Waals surface area contributed by atoms with Gasteiger partial charge >= 0.3 is 0 Å². The molecule has 0 saturated heterocycles. The Labute approximate surface area is 204 Å². The molecular weight excluding hydrogens is 498 g/mol. The van der Waals surface area contributed by atoms with Crippen molar-refractivity contribution in [3.05, 3.63) is 94.2 Å². The van der Waals surface area contributed by atoms with E-state index in [9.17, 15) is 9.59 Å². The third-order valence-electron chi connectivity index (χ3n) is 5.15. The van der Waals surface area contributed by atoms with Crippen LogP contribution < -0.4 is 20.1 Å². The van der Waals surface area contributed by atoms with Crippen LogP contribution in [0.15, 0.2) is 83.1 Å². The number of methoxy groups -OCH3 is 2. The van der Waals surface area contributed by atoms with Gasteiger partial charge in [-0.2, -0.15) is 0 Å². The van der Waals surface area contributed by atoms with E-state index in [1.165, 1.54) is 7.11 Å². The first kappa shape index (κ1) is 23.1. The van der Waals surface area contributed by atoms with Crippen LogP contribution in [0.4, 0.5) is 5.69 Å². The topological polar surface area (TPSA) is 92.4 Å². The molecule has 172 valence electrons. The summed E-state index contributed by atoms with van der Waals surface area (Å²) in [6.07, 6.45) is 3.39. The smallest absolute Gasteiger partial charge is 0.272 e. The zero-order valence-electron chi connectivity index (χ0n) is 18.5. The predicted molar refractivity (Wildman–Crippen MR) is 136 cm³/mol. The second kappa shape index (κ2) is 10.3. The number of carbonyl (C=O) groups is 2. The molecule has 0 aliphatic heterocycles. The van der Waals surface area contributed by atoms with E-state index in [-0.39, 0.29) is 5.70 Å². The number of rotatable bonds is 7. The number of anilines is 1. The van der Waals surface area contributed by atoms with E-state index < -0.39 is 11.8 Å². The average Bonchev–Trinajstić information content (AvgIpc) is 3.32. The van der Waals surface area contributed by atoms with Crippen LogP contribution in [0.5, 0.6) is 11.5 Å². The van der Waals surface area contributed by atoms with Gasteiger partial charge in [-0.1, -0.05) is 24.3 Å². The molecule has 0 aliphatic carbocycles. The molecule has 1 heterocycles. The lowest BCUT2D eigenvalue weighted by atomic mass is 10.1. The Kier molecular flexibility index (Phi) is 6.98. The van der Waals surface area contributed by atoms with Crippen molar-refractivity contribution in [2.75, 3.05) is 19.5 Å². The second-order valence-corrected chi connectivity index (χ2v) is 8.20. The quantitative estimate of drug-likeness (QED) is 0.286. The lowest BCUT2D eigenvalue weighted by molar-refractivity contribution is -0.113. The zero-order valence-corrected chi connectivity index (χ0v) is 20.1. The highest BCUT2D eigenvalue weighted by atomic mass is 79.9. The van der Waals surface area contributed by atoms with Gasteiger partial charge in [-0.3, -0.25) is 9.59 Å². The number of H-pyrrole nitrogens is 1. The molecule has 8 heteroatoms. The van der Waals surface area contributed by atoms with Gasteiger partial charge in [0.05, 0.1) is 18.7 Å². The van der Waals surface area contributed by atoms with Gasteiger partial charge in [0.1, 0.15) is 17.2 Å². The number of benzene rings is 3. The zero-order chi connectivity index (χ0) is 24.1. The van der Waals surface area contributed by atoms with E-state index in [4.69, 9.17) is 9.47 Å². The van der Waals surface area contributed by atoms with Crippen molar-refractivity contribution in [2.45, 2.75) is 0 Å². The Morgan fingerprint density at radius 1 is 0.941 bits per heavy atom. The summed E-state index contributed by atoms with van der Waals surface area (Å²) in [6, 6.07) is 19.6. The fourth-order valence-electron chi connectivity index (χ4n) is 3.42. The highest BCUT2D eigenvalue weighted by molar-refractivity contribution is 9.10. The number of aromatic amines is 1. The maximum atomic E-state index is 13.3. The number of amides is 2. The molecule has 3 aromatic carbocycles. The van der Waals surface area contributed by atoms with E-state index in [2.05, 4.69) is 31.5 Å². The van der Waals surface area contributed by atoms with Crippen LogP contribution in [-0.2, 0) is 4.79 Å². The Hall–Kier alpha value is -4.04. The molecule has 0 unspecified atom stereocenters. The van der Waals surface area contributed by atoms with E-state index in [1.807, 2.05) is 30.5 Å². The molecule has 0 fully saturated rings. The summed E-state index contributed by atoms with van der Waals surface area (Å²) in [5, 5.41) is 6.62. The highest BCUT2D eigenvalue weighted by Gasteiger charge is 2.17. The third-order valence-corrected chi connectivity index (χ3v) is 5.77. The molecule has 7 nitrogen and oxygen atoms in total. The minimum atomic E-state index is -0.482. The molecule has 0 spiro atoms. The summed E-state index contributed by atoms with van der Waals surface area (Å²) in [5.74, 6) is 0.164. The van der Waals surface area contributed by atoms with E-state index in [0.29, 0.717) is 32.8 Å². The number of hydrogen-bond donors (Lipinski definition) is 3. The standard InChI is InChI=1S/C26H22BrN3O4/c1-33-23-15-24(34-2)20(27)12-18(23)13-22(30-25(31)17-6-4-3-5-7-17)26(32)29-19-9-8-16-10-11-28-21(16)14-19/h3-15,28H,1-2H3,(H,29,32)(H,30,31)/b22-13+. The molecule has 0 saturated carbocycles. The molecule has 3 N–H and O–H groups in total. The maximum absolute atomic E-state index is 13.3. The average molecular weight is 520 g/mol. The monoisotopic (exact) mass is 519 g/mol. The van der Waals surface area contributed by atoms with Gasteiger partial charge in [-0.05, 0) is 63.8 Å². The summed E-state index contributed by atoms with van der Waals surface area (Å²) in [5.41, 5.74) is 2.53. The van der Waals surface area contributed by atoms with Crippen LogP contribution in [0.3, 0.4) is 0 Å². The lowest BCUT2D eigenvalue weighted by Crippen LogP contribution is -2.30. The number of aromatic nitrogens is 1. The molecule has 2 amide bonds. The number of carbonyl (C=O) groups excluding carboxylic acids is 2. The van der Waals surface area contributed by atoms with Crippen molar-refractivity contribution in [1.82, 2.24) is 10.3 Å². The highest BCUT2D eigenvalue weighted by Crippen LogP contribution is 2.34. The van der Waals surface area contributed by atoms with Gasteiger partial charge in [0, 0.05) is 34.6 Å². The molecule has 4 rings (SSSR count). The van der Waals surface area contributed by atoms with Crippen LogP contribution in [-0.4, -0.2) is 31.0 Å². The van der Waals surface area contributed by atoms with Gasteiger partial charge in [0.15, 0.2) is 0 Å². The number of ether oxygens (including phenoxy) is 2. The minimum Gasteiger partial charge on any atom is -0.496 e. The molecule has 34 heavy (non-hydrogen) atoms. The predicted octanol–water partition coefficient (Wildman–Crippen LogP) is 5.36. The summed E-state index contributed by atoms with van der Waals surface area (Å²) >= 11 is 3.46. The SMILES string of the molecule is COc1cc(OC)c(/C=C(/NC(=O)c2ccccc2)C(=O)Nc2ccc3cc[nH]c3c2)cc1Br. The molecule has 0 atom stereocenters. The Morgan fingerprint density at radius 2 is 1.71 bits per heavy atom. The van der Waals surface area contributed by atoms with Crippen molar-refractivity contribution in [2.24, 2.45) is 0 Å². The van der Waals surface area contributed by atoms with Crippen molar-refractivity contribution in [3.8, 4) is 11.5 Å². The Balaban J connectivity index is 1.70. The molecule has 1 aromatic heterocycles. The van der Waals surface area contributed by atoms with Crippen molar-refractivity contribution in [1.29, 1.82) is 0 Å².